The van der Waals surface area contributed by atoms with E-state index < -0.39 is 0 Å². The van der Waals surface area contributed by atoms with Gasteiger partial charge >= 0.3 is 0 Å². The van der Waals surface area contributed by atoms with Gasteiger partial charge in [0, 0.05) is 37.4 Å². The fraction of sp³-hybridized carbons (Fsp3) is 0.333. The van der Waals surface area contributed by atoms with Crippen molar-refractivity contribution in [3.05, 3.63) is 29.8 Å². The van der Waals surface area contributed by atoms with Crippen molar-refractivity contribution in [1.82, 2.24) is 9.80 Å². The number of amides is 2. The van der Waals surface area contributed by atoms with Crippen molar-refractivity contribution in [3.8, 4) is 0 Å². The summed E-state index contributed by atoms with van der Waals surface area (Å²) < 4.78 is 0. The third kappa shape index (κ3) is 2.55. The van der Waals surface area contributed by atoms with E-state index in [4.69, 9.17) is 5.73 Å². The van der Waals surface area contributed by atoms with Crippen molar-refractivity contribution in [2.24, 2.45) is 0 Å². The molecule has 90 valence electrons. The molecule has 0 saturated carbocycles. The quantitative estimate of drug-likeness (QED) is 0.585. The van der Waals surface area contributed by atoms with E-state index in [0.29, 0.717) is 37.4 Å². The highest BCUT2D eigenvalue weighted by Crippen LogP contribution is 2.11. The first-order chi connectivity index (χ1) is 8.20. The van der Waals surface area contributed by atoms with Gasteiger partial charge in [-0.05, 0) is 18.2 Å². The first-order valence-electron chi connectivity index (χ1n) is 5.55. The second kappa shape index (κ2) is 4.86. The molecular formula is C12H15N3O2. The molecule has 0 unspecified atom stereocenters. The van der Waals surface area contributed by atoms with Crippen molar-refractivity contribution >= 4 is 18.0 Å². The average Bonchev–Trinajstić information content (AvgIpc) is 2.38. The Bertz CT molecular complexity index is 426. The van der Waals surface area contributed by atoms with Crippen LogP contribution < -0.4 is 5.73 Å². The Morgan fingerprint density at radius 1 is 1.24 bits per heavy atom. The first-order valence-corrected chi connectivity index (χ1v) is 5.55. The molecule has 2 rings (SSSR count). The minimum Gasteiger partial charge on any atom is -0.399 e. The fourth-order valence-electron chi connectivity index (χ4n) is 1.88. The molecule has 0 bridgehead atoms. The van der Waals surface area contributed by atoms with E-state index in [1.54, 1.807) is 34.1 Å². The molecular weight excluding hydrogens is 218 g/mol. The van der Waals surface area contributed by atoms with Gasteiger partial charge in [0.05, 0.1) is 0 Å². The van der Waals surface area contributed by atoms with E-state index in [9.17, 15) is 9.59 Å². The van der Waals surface area contributed by atoms with Crippen LogP contribution in [0.4, 0.5) is 5.69 Å². The van der Waals surface area contributed by atoms with Gasteiger partial charge in [-0.25, -0.2) is 0 Å². The topological polar surface area (TPSA) is 66.6 Å². The van der Waals surface area contributed by atoms with Crippen LogP contribution in [0.15, 0.2) is 24.3 Å². The summed E-state index contributed by atoms with van der Waals surface area (Å²) in [6.07, 6.45) is 0.822. The highest BCUT2D eigenvalue weighted by atomic mass is 16.2. The summed E-state index contributed by atoms with van der Waals surface area (Å²) >= 11 is 0. The van der Waals surface area contributed by atoms with Gasteiger partial charge < -0.3 is 15.5 Å². The number of nitrogens with two attached hydrogens (primary N) is 1. The molecule has 1 saturated heterocycles. The van der Waals surface area contributed by atoms with Crippen molar-refractivity contribution in [3.63, 3.8) is 0 Å². The summed E-state index contributed by atoms with van der Waals surface area (Å²) in [4.78, 5) is 26.1. The number of hydrogen-bond acceptors (Lipinski definition) is 3. The van der Waals surface area contributed by atoms with Crippen molar-refractivity contribution in [2.75, 3.05) is 31.9 Å². The molecule has 2 amide bonds. The number of hydrogen-bond donors (Lipinski definition) is 1. The predicted octanol–water partition coefficient (Wildman–Crippen LogP) is 0.183. The van der Waals surface area contributed by atoms with E-state index in [2.05, 4.69) is 0 Å². The van der Waals surface area contributed by atoms with Gasteiger partial charge in [0.15, 0.2) is 0 Å². The van der Waals surface area contributed by atoms with Crippen LogP contribution in [0.2, 0.25) is 0 Å². The van der Waals surface area contributed by atoms with Crippen LogP contribution in [0.1, 0.15) is 10.4 Å². The van der Waals surface area contributed by atoms with Crippen molar-refractivity contribution in [1.29, 1.82) is 0 Å². The molecule has 1 aliphatic heterocycles. The molecule has 0 atom stereocenters. The van der Waals surface area contributed by atoms with Gasteiger partial charge in [-0.1, -0.05) is 6.07 Å². The van der Waals surface area contributed by atoms with Crippen LogP contribution in [0.5, 0.6) is 0 Å². The van der Waals surface area contributed by atoms with Gasteiger partial charge in [0.2, 0.25) is 6.41 Å². The summed E-state index contributed by atoms with van der Waals surface area (Å²) in [7, 11) is 0. The van der Waals surface area contributed by atoms with Crippen LogP contribution in [-0.2, 0) is 4.79 Å². The van der Waals surface area contributed by atoms with Gasteiger partial charge in [0.1, 0.15) is 0 Å². The molecule has 1 aromatic carbocycles. The Kier molecular flexibility index (Phi) is 3.27. The number of benzene rings is 1. The Hall–Kier alpha value is -2.04. The first kappa shape index (κ1) is 11.4. The minimum atomic E-state index is -0.0251. The third-order valence-corrected chi connectivity index (χ3v) is 2.88. The molecule has 5 nitrogen and oxygen atoms in total. The number of carbonyl (C=O) groups is 2. The smallest absolute Gasteiger partial charge is 0.254 e. The lowest BCUT2D eigenvalue weighted by Gasteiger charge is -2.32. The monoisotopic (exact) mass is 233 g/mol. The zero-order valence-corrected chi connectivity index (χ0v) is 9.50. The molecule has 17 heavy (non-hydrogen) atoms. The molecule has 1 heterocycles. The van der Waals surface area contributed by atoms with E-state index >= 15 is 0 Å². The summed E-state index contributed by atoms with van der Waals surface area (Å²) in [6, 6.07) is 6.95. The molecule has 1 aliphatic rings. The standard InChI is InChI=1S/C12H15N3O2/c13-11-3-1-2-10(8-11)12(17)15-6-4-14(9-16)5-7-15/h1-3,8-9H,4-7,13H2. The summed E-state index contributed by atoms with van der Waals surface area (Å²) in [6.45, 7) is 2.34. The molecule has 0 aromatic heterocycles. The Morgan fingerprint density at radius 3 is 2.53 bits per heavy atom. The predicted molar refractivity (Wildman–Crippen MR) is 64.4 cm³/mol. The van der Waals surface area contributed by atoms with E-state index in [1.807, 2.05) is 0 Å². The second-order valence-corrected chi connectivity index (χ2v) is 4.06. The molecule has 2 N–H and O–H groups in total. The highest BCUT2D eigenvalue weighted by Gasteiger charge is 2.21. The lowest BCUT2D eigenvalue weighted by atomic mass is 10.1. The van der Waals surface area contributed by atoms with E-state index in [0.717, 1.165) is 6.41 Å². The van der Waals surface area contributed by atoms with Gasteiger partial charge in [-0.2, -0.15) is 0 Å². The molecule has 1 fully saturated rings. The summed E-state index contributed by atoms with van der Waals surface area (Å²) in [5.74, 6) is -0.0251. The minimum absolute atomic E-state index is 0.0251. The number of rotatable bonds is 2. The number of nitrogens with zero attached hydrogens (tertiary/aromatic N) is 2. The highest BCUT2D eigenvalue weighted by molar-refractivity contribution is 5.95. The maximum Gasteiger partial charge on any atom is 0.254 e. The van der Waals surface area contributed by atoms with Crippen molar-refractivity contribution in [2.45, 2.75) is 0 Å². The maximum absolute atomic E-state index is 12.1. The van der Waals surface area contributed by atoms with Crippen molar-refractivity contribution < 1.29 is 9.59 Å². The van der Waals surface area contributed by atoms with Crippen LogP contribution in [0, 0.1) is 0 Å². The molecule has 0 aliphatic carbocycles. The van der Waals surface area contributed by atoms with Gasteiger partial charge in [-0.3, -0.25) is 9.59 Å². The number of anilines is 1. The normalized spacial score (nSPS) is 15.8. The molecule has 1 aromatic rings. The number of carbonyl (C=O) groups excluding carboxylic acids is 2. The molecule has 0 radical (unpaired) electrons. The Balaban J connectivity index is 2.04. The van der Waals surface area contributed by atoms with Crippen LogP contribution in [0.25, 0.3) is 0 Å². The zero-order chi connectivity index (χ0) is 12.3. The lowest BCUT2D eigenvalue weighted by Crippen LogP contribution is -2.48. The SMILES string of the molecule is Nc1cccc(C(=O)N2CCN(C=O)CC2)c1. The van der Waals surface area contributed by atoms with Crippen LogP contribution in [0.3, 0.4) is 0 Å². The van der Waals surface area contributed by atoms with E-state index in [-0.39, 0.29) is 5.91 Å². The van der Waals surface area contributed by atoms with Crippen LogP contribution >= 0.6 is 0 Å². The summed E-state index contributed by atoms with van der Waals surface area (Å²) in [5.41, 5.74) is 6.83. The largest absolute Gasteiger partial charge is 0.399 e. The maximum atomic E-state index is 12.1. The molecule has 5 heteroatoms. The zero-order valence-electron chi connectivity index (χ0n) is 9.50. The number of nitrogen functional groups attached to an aromatic ring is 1. The number of piperazine rings is 1. The Labute approximate surface area is 99.8 Å². The average molecular weight is 233 g/mol. The van der Waals surface area contributed by atoms with E-state index in [1.165, 1.54) is 0 Å². The fourth-order valence-corrected chi connectivity index (χ4v) is 1.88. The van der Waals surface area contributed by atoms with Gasteiger partial charge in [-0.15, -0.1) is 0 Å². The second-order valence-electron chi connectivity index (χ2n) is 4.06. The molecule has 0 spiro atoms. The van der Waals surface area contributed by atoms with Gasteiger partial charge in [0.25, 0.3) is 5.91 Å². The third-order valence-electron chi connectivity index (χ3n) is 2.88. The lowest BCUT2D eigenvalue weighted by molar-refractivity contribution is -0.119. The Morgan fingerprint density at radius 2 is 1.94 bits per heavy atom. The summed E-state index contributed by atoms with van der Waals surface area (Å²) in [5, 5.41) is 0. The van der Waals surface area contributed by atoms with Crippen LogP contribution in [-0.4, -0.2) is 48.3 Å².